The molecule has 0 saturated heterocycles. The van der Waals surface area contributed by atoms with E-state index in [2.05, 4.69) is 22.8 Å². The van der Waals surface area contributed by atoms with Gasteiger partial charge in [-0.3, -0.25) is 15.5 Å². The number of para-hydroxylation sites is 1. The topological polar surface area (TPSA) is 104 Å². The highest BCUT2D eigenvalue weighted by molar-refractivity contribution is 5.97. The number of carbonyl (C=O) groups excluding carboxylic acids is 2. The Bertz CT molecular complexity index is 1270. The number of methoxy groups -OCH3 is 1. The Morgan fingerprint density at radius 2 is 1.57 bits per heavy atom. The van der Waals surface area contributed by atoms with Crippen LogP contribution >= 0.6 is 0 Å². The molecule has 0 aromatic heterocycles. The highest BCUT2D eigenvalue weighted by Gasteiger charge is 2.39. The van der Waals surface area contributed by atoms with Crippen LogP contribution in [0.4, 0.5) is 4.79 Å². The molecule has 3 aromatic carbocycles. The molecule has 8 nitrogen and oxygen atoms in total. The number of nitrogens with zero attached hydrogens (tertiary/aromatic N) is 1. The molecule has 1 aliphatic carbocycles. The molecular weight excluding hydrogens is 504 g/mol. The summed E-state index contributed by atoms with van der Waals surface area (Å²) in [4.78, 5) is 27.3. The van der Waals surface area contributed by atoms with Crippen molar-refractivity contribution in [2.75, 3.05) is 20.3 Å². The number of amides is 2. The van der Waals surface area contributed by atoms with Gasteiger partial charge >= 0.3 is 6.09 Å². The first-order chi connectivity index (χ1) is 19.5. The molecule has 3 aromatic rings. The molecule has 0 aliphatic heterocycles. The summed E-state index contributed by atoms with van der Waals surface area (Å²) in [6, 6.07) is 27.5. The second-order valence-electron chi connectivity index (χ2n) is 10.1. The fraction of sp³-hybridized carbons (Fsp3) is 0.344. The molecule has 0 unspecified atom stereocenters. The van der Waals surface area contributed by atoms with Gasteiger partial charge in [0.2, 0.25) is 5.96 Å². The summed E-state index contributed by atoms with van der Waals surface area (Å²) < 4.78 is 10.4. The first-order valence-electron chi connectivity index (χ1n) is 13.8. The van der Waals surface area contributed by atoms with E-state index in [1.807, 2.05) is 65.6 Å². The summed E-state index contributed by atoms with van der Waals surface area (Å²) in [6.07, 6.45) is 2.58. The zero-order valence-corrected chi connectivity index (χ0v) is 23.2. The molecule has 210 valence electrons. The summed E-state index contributed by atoms with van der Waals surface area (Å²) in [5.41, 5.74) is 2.49. The van der Waals surface area contributed by atoms with Crippen molar-refractivity contribution in [3.63, 3.8) is 0 Å². The number of nitrogens with one attached hydrogen (secondary N) is 3. The van der Waals surface area contributed by atoms with E-state index < -0.39 is 6.09 Å². The van der Waals surface area contributed by atoms with Crippen molar-refractivity contribution in [1.82, 2.24) is 15.5 Å². The quantitative estimate of drug-likeness (QED) is 0.245. The number of alkyl carbamates (subject to hydrolysis) is 1. The average molecular weight is 543 g/mol. The second-order valence-corrected chi connectivity index (χ2v) is 10.1. The third-order valence-electron chi connectivity index (χ3n) is 7.66. The molecule has 0 atom stereocenters. The number of ether oxygens (including phenoxy) is 2. The van der Waals surface area contributed by atoms with E-state index in [0.29, 0.717) is 24.4 Å². The maximum absolute atomic E-state index is 13.2. The molecule has 8 heteroatoms. The van der Waals surface area contributed by atoms with Gasteiger partial charge < -0.3 is 19.7 Å². The van der Waals surface area contributed by atoms with Crippen LogP contribution in [0.25, 0.3) is 0 Å². The van der Waals surface area contributed by atoms with E-state index >= 15 is 0 Å². The Hall–Kier alpha value is -4.33. The van der Waals surface area contributed by atoms with Gasteiger partial charge in [-0.05, 0) is 55.9 Å². The summed E-state index contributed by atoms with van der Waals surface area (Å²) in [5, 5.41) is 14.5. The summed E-state index contributed by atoms with van der Waals surface area (Å²) in [5.74, 6) is 0.409. The van der Waals surface area contributed by atoms with Gasteiger partial charge in [0.1, 0.15) is 5.75 Å². The fourth-order valence-electron chi connectivity index (χ4n) is 5.51. The van der Waals surface area contributed by atoms with Crippen LogP contribution in [0.15, 0.2) is 84.9 Å². The van der Waals surface area contributed by atoms with Crippen molar-refractivity contribution in [2.45, 2.75) is 50.6 Å². The number of carbonyl (C=O) groups is 2. The SMILES string of the molecule is CCOC(=O)NC(=N)N(Cc1ccccc1)C1CCC(CNC(=O)c2ccccc2OC)(c2ccccc2)CC1. The molecule has 3 N–H and O–H groups in total. The van der Waals surface area contributed by atoms with Crippen molar-refractivity contribution in [3.05, 3.63) is 102 Å². The number of guanidine groups is 1. The van der Waals surface area contributed by atoms with Crippen LogP contribution in [0, 0.1) is 5.41 Å². The molecule has 0 bridgehead atoms. The molecule has 2 amide bonds. The minimum atomic E-state index is -0.626. The van der Waals surface area contributed by atoms with Crippen molar-refractivity contribution in [3.8, 4) is 5.75 Å². The van der Waals surface area contributed by atoms with Crippen LogP contribution in [-0.4, -0.2) is 49.2 Å². The molecule has 4 rings (SSSR count). The van der Waals surface area contributed by atoms with Gasteiger partial charge in [-0.1, -0.05) is 72.8 Å². The maximum atomic E-state index is 13.2. The number of hydrogen-bond donors (Lipinski definition) is 3. The Balaban J connectivity index is 1.53. The van der Waals surface area contributed by atoms with Crippen LogP contribution < -0.4 is 15.4 Å². The van der Waals surface area contributed by atoms with E-state index in [1.165, 1.54) is 5.56 Å². The van der Waals surface area contributed by atoms with E-state index in [1.54, 1.807) is 26.2 Å². The van der Waals surface area contributed by atoms with Gasteiger partial charge in [0.25, 0.3) is 5.91 Å². The highest BCUT2D eigenvalue weighted by Crippen LogP contribution is 2.41. The van der Waals surface area contributed by atoms with Gasteiger partial charge in [0.05, 0.1) is 19.3 Å². The van der Waals surface area contributed by atoms with Gasteiger partial charge in [0.15, 0.2) is 0 Å². The molecule has 1 saturated carbocycles. The van der Waals surface area contributed by atoms with E-state index in [4.69, 9.17) is 14.9 Å². The van der Waals surface area contributed by atoms with E-state index in [-0.39, 0.29) is 29.9 Å². The van der Waals surface area contributed by atoms with E-state index in [0.717, 1.165) is 31.2 Å². The van der Waals surface area contributed by atoms with Crippen molar-refractivity contribution in [2.24, 2.45) is 0 Å². The standard InChI is InChI=1S/C32H38N4O4/c1-3-40-31(38)35-30(33)36(22-24-12-6-4-7-13-24)26-18-20-32(21-19-26,25-14-8-5-9-15-25)23-34-29(37)27-16-10-11-17-28(27)39-2/h4-17,26H,3,18-23H2,1-2H3,(H,34,37)(H2,33,35,38). The van der Waals surface area contributed by atoms with Gasteiger partial charge in [0, 0.05) is 24.5 Å². The van der Waals surface area contributed by atoms with Crippen LogP contribution in [0.2, 0.25) is 0 Å². The Kier molecular flexibility index (Phi) is 9.78. The van der Waals surface area contributed by atoms with Crippen LogP contribution in [0.1, 0.15) is 54.1 Å². The zero-order chi connectivity index (χ0) is 28.4. The van der Waals surface area contributed by atoms with Gasteiger partial charge in [-0.2, -0.15) is 0 Å². The lowest BCUT2D eigenvalue weighted by Crippen LogP contribution is -2.52. The molecular formula is C32H38N4O4. The second kappa shape index (κ2) is 13.6. The van der Waals surface area contributed by atoms with Gasteiger partial charge in [-0.15, -0.1) is 0 Å². The maximum Gasteiger partial charge on any atom is 0.413 e. The van der Waals surface area contributed by atoms with Crippen molar-refractivity contribution >= 4 is 18.0 Å². The molecule has 0 spiro atoms. The lowest BCUT2D eigenvalue weighted by molar-refractivity contribution is 0.0925. The normalized spacial score (nSPS) is 18.3. The fourth-order valence-corrected chi connectivity index (χ4v) is 5.51. The van der Waals surface area contributed by atoms with Gasteiger partial charge in [-0.25, -0.2) is 4.79 Å². The summed E-state index contributed by atoms with van der Waals surface area (Å²) in [7, 11) is 1.56. The minimum absolute atomic E-state index is 0.0315. The third-order valence-corrected chi connectivity index (χ3v) is 7.66. The third kappa shape index (κ3) is 7.00. The van der Waals surface area contributed by atoms with E-state index in [9.17, 15) is 9.59 Å². The minimum Gasteiger partial charge on any atom is -0.496 e. The lowest BCUT2D eigenvalue weighted by Gasteiger charge is -2.44. The number of rotatable bonds is 9. The lowest BCUT2D eigenvalue weighted by atomic mass is 9.67. The van der Waals surface area contributed by atoms with Crippen LogP contribution in [0.3, 0.4) is 0 Å². The Labute approximate surface area is 236 Å². The van der Waals surface area contributed by atoms with Crippen molar-refractivity contribution in [1.29, 1.82) is 5.41 Å². The van der Waals surface area contributed by atoms with Crippen LogP contribution in [-0.2, 0) is 16.7 Å². The van der Waals surface area contributed by atoms with Crippen molar-refractivity contribution < 1.29 is 19.1 Å². The number of benzene rings is 3. The predicted octanol–water partition coefficient (Wildman–Crippen LogP) is 5.49. The zero-order valence-electron chi connectivity index (χ0n) is 23.2. The molecule has 0 heterocycles. The Morgan fingerprint density at radius 1 is 0.950 bits per heavy atom. The first kappa shape index (κ1) is 28.7. The molecule has 0 radical (unpaired) electrons. The molecule has 1 aliphatic rings. The molecule has 1 fully saturated rings. The largest absolute Gasteiger partial charge is 0.496 e. The Morgan fingerprint density at radius 3 is 2.23 bits per heavy atom. The number of hydrogen-bond acceptors (Lipinski definition) is 5. The smallest absolute Gasteiger partial charge is 0.413 e. The summed E-state index contributed by atoms with van der Waals surface area (Å²) in [6.45, 7) is 2.96. The van der Waals surface area contributed by atoms with Crippen LogP contribution in [0.5, 0.6) is 5.75 Å². The highest BCUT2D eigenvalue weighted by atomic mass is 16.5. The average Bonchev–Trinajstić information content (AvgIpc) is 3.00. The predicted molar refractivity (Wildman–Crippen MR) is 156 cm³/mol. The monoisotopic (exact) mass is 542 g/mol. The summed E-state index contributed by atoms with van der Waals surface area (Å²) >= 11 is 0. The first-order valence-corrected chi connectivity index (χ1v) is 13.8. The molecule has 40 heavy (non-hydrogen) atoms.